The maximum absolute atomic E-state index is 9.07. The van der Waals surface area contributed by atoms with Crippen LogP contribution in [0, 0.1) is 0 Å². The topological polar surface area (TPSA) is 48.2 Å². The minimum Gasteiger partial charge on any atom is -0.508 e. The highest BCUT2D eigenvalue weighted by Crippen LogP contribution is 2.17. The number of aliphatic imine (C=N–C) groups is 2. The average molecular weight is 175 g/mol. The zero-order chi connectivity index (χ0) is 9.10. The average Bonchev–Trinajstić information content (AvgIpc) is 2.20. The third-order valence-electron chi connectivity index (χ3n) is 1.77. The monoisotopic (exact) mass is 175 g/mol. The van der Waals surface area contributed by atoms with Gasteiger partial charge in [-0.15, -0.1) is 0 Å². The zero-order valence-corrected chi connectivity index (χ0v) is 6.96. The normalized spacial score (nSPS) is 14.9. The van der Waals surface area contributed by atoms with Crippen LogP contribution in [-0.4, -0.2) is 24.5 Å². The summed E-state index contributed by atoms with van der Waals surface area (Å²) in [5.74, 6) is 0.265. The van der Waals surface area contributed by atoms with E-state index in [-0.39, 0.29) is 5.75 Å². The van der Waals surface area contributed by atoms with E-state index in [1.807, 2.05) is 17.0 Å². The Hall–Kier alpha value is -1.84. The largest absolute Gasteiger partial charge is 0.508 e. The van der Waals surface area contributed by atoms with Gasteiger partial charge in [0.2, 0.25) is 0 Å². The van der Waals surface area contributed by atoms with Crippen LogP contribution in [0.3, 0.4) is 0 Å². The molecule has 4 heteroatoms. The van der Waals surface area contributed by atoms with Gasteiger partial charge < -0.3 is 10.0 Å². The Morgan fingerprint density at radius 1 is 1.23 bits per heavy atom. The van der Waals surface area contributed by atoms with Crippen molar-refractivity contribution in [1.82, 2.24) is 0 Å². The minimum atomic E-state index is 0.265. The fraction of sp³-hybridized carbons (Fsp3) is 0.111. The lowest BCUT2D eigenvalue weighted by Crippen LogP contribution is -2.23. The molecule has 1 aromatic carbocycles. The van der Waals surface area contributed by atoms with Gasteiger partial charge in [-0.25, -0.2) is 4.99 Å². The maximum atomic E-state index is 9.07. The molecular weight excluding hydrogens is 166 g/mol. The summed E-state index contributed by atoms with van der Waals surface area (Å²) in [7, 11) is 0. The van der Waals surface area contributed by atoms with Crippen molar-refractivity contribution in [2.24, 2.45) is 9.98 Å². The van der Waals surface area contributed by atoms with Crippen LogP contribution in [0.1, 0.15) is 0 Å². The standard InChI is InChI=1S/C9H9N3O/c13-9-3-1-8(2-4-9)12-6-10-5-11-7-12/h1-6,13H,7H2. The first-order valence-electron chi connectivity index (χ1n) is 3.93. The van der Waals surface area contributed by atoms with Crippen LogP contribution in [0.15, 0.2) is 34.3 Å². The lowest BCUT2D eigenvalue weighted by atomic mass is 10.3. The van der Waals surface area contributed by atoms with Gasteiger partial charge in [0.1, 0.15) is 18.8 Å². The molecule has 0 spiro atoms. The number of phenols is 1. The highest BCUT2D eigenvalue weighted by molar-refractivity contribution is 5.86. The Bertz CT molecular complexity index is 342. The summed E-state index contributed by atoms with van der Waals surface area (Å²) < 4.78 is 0. The van der Waals surface area contributed by atoms with Crippen LogP contribution < -0.4 is 4.90 Å². The van der Waals surface area contributed by atoms with Crippen LogP contribution in [0.4, 0.5) is 5.69 Å². The first kappa shape index (κ1) is 7.79. The second-order valence-electron chi connectivity index (χ2n) is 2.69. The SMILES string of the molecule is Oc1ccc(N2C=NC=NC2)cc1. The van der Waals surface area contributed by atoms with E-state index in [1.165, 1.54) is 6.34 Å². The van der Waals surface area contributed by atoms with Crippen molar-refractivity contribution < 1.29 is 5.11 Å². The molecule has 1 heterocycles. The molecule has 0 unspecified atom stereocenters. The minimum absolute atomic E-state index is 0.265. The molecule has 0 saturated carbocycles. The molecule has 0 aliphatic carbocycles. The van der Waals surface area contributed by atoms with Crippen LogP contribution in [0.2, 0.25) is 0 Å². The van der Waals surface area contributed by atoms with E-state index in [9.17, 15) is 0 Å². The molecule has 0 fully saturated rings. The molecule has 0 radical (unpaired) electrons. The zero-order valence-electron chi connectivity index (χ0n) is 6.96. The third kappa shape index (κ3) is 1.66. The van der Waals surface area contributed by atoms with E-state index in [4.69, 9.17) is 5.11 Å². The lowest BCUT2D eigenvalue weighted by molar-refractivity contribution is 0.475. The second kappa shape index (κ2) is 3.26. The number of benzene rings is 1. The molecule has 13 heavy (non-hydrogen) atoms. The Kier molecular flexibility index (Phi) is 1.96. The summed E-state index contributed by atoms with van der Waals surface area (Å²) in [6.07, 6.45) is 3.23. The summed E-state index contributed by atoms with van der Waals surface area (Å²) in [5.41, 5.74) is 0.971. The molecule has 1 aliphatic heterocycles. The number of aromatic hydroxyl groups is 1. The molecule has 0 bridgehead atoms. The van der Waals surface area contributed by atoms with E-state index >= 15 is 0 Å². The van der Waals surface area contributed by atoms with Gasteiger partial charge in [0.05, 0.1) is 6.34 Å². The predicted octanol–water partition coefficient (Wildman–Crippen LogP) is 1.23. The number of phenolic OH excluding ortho intramolecular Hbond substituents is 1. The van der Waals surface area contributed by atoms with Gasteiger partial charge in [-0.05, 0) is 24.3 Å². The molecule has 0 amide bonds. The van der Waals surface area contributed by atoms with Gasteiger partial charge in [0, 0.05) is 5.69 Å². The van der Waals surface area contributed by atoms with Crippen LogP contribution in [-0.2, 0) is 0 Å². The number of anilines is 1. The Balaban J connectivity index is 2.21. The van der Waals surface area contributed by atoms with Crippen molar-refractivity contribution in [2.45, 2.75) is 0 Å². The van der Waals surface area contributed by atoms with Gasteiger partial charge >= 0.3 is 0 Å². The maximum Gasteiger partial charge on any atom is 0.117 e. The Morgan fingerprint density at radius 3 is 2.62 bits per heavy atom. The fourth-order valence-corrected chi connectivity index (χ4v) is 1.11. The highest BCUT2D eigenvalue weighted by Gasteiger charge is 2.03. The Morgan fingerprint density at radius 2 is 2.00 bits per heavy atom. The van der Waals surface area contributed by atoms with Crippen LogP contribution in [0.5, 0.6) is 5.75 Å². The van der Waals surface area contributed by atoms with E-state index in [0.717, 1.165) is 5.69 Å². The molecule has 1 aromatic rings. The molecule has 1 aliphatic rings. The van der Waals surface area contributed by atoms with Crippen molar-refractivity contribution in [3.63, 3.8) is 0 Å². The molecular formula is C9H9N3O. The quantitative estimate of drug-likeness (QED) is 0.697. The van der Waals surface area contributed by atoms with Crippen LogP contribution in [0.25, 0.3) is 0 Å². The van der Waals surface area contributed by atoms with Crippen LogP contribution >= 0.6 is 0 Å². The summed E-state index contributed by atoms with van der Waals surface area (Å²) in [6, 6.07) is 6.92. The molecule has 4 nitrogen and oxygen atoms in total. The fourth-order valence-electron chi connectivity index (χ4n) is 1.11. The molecule has 0 aromatic heterocycles. The van der Waals surface area contributed by atoms with Crippen molar-refractivity contribution in [3.8, 4) is 5.75 Å². The molecule has 66 valence electrons. The number of nitrogens with zero attached hydrogens (tertiary/aromatic N) is 3. The molecule has 1 N–H and O–H groups in total. The summed E-state index contributed by atoms with van der Waals surface area (Å²) in [6.45, 7) is 0.578. The first-order valence-corrected chi connectivity index (χ1v) is 3.93. The molecule has 0 atom stereocenters. The highest BCUT2D eigenvalue weighted by atomic mass is 16.3. The summed E-state index contributed by atoms with van der Waals surface area (Å²) in [4.78, 5) is 9.79. The van der Waals surface area contributed by atoms with E-state index in [1.54, 1.807) is 18.5 Å². The first-order chi connectivity index (χ1) is 6.36. The van der Waals surface area contributed by atoms with E-state index in [0.29, 0.717) is 6.67 Å². The lowest BCUT2D eigenvalue weighted by Gasteiger charge is -2.18. The van der Waals surface area contributed by atoms with Gasteiger partial charge in [-0.3, -0.25) is 4.99 Å². The van der Waals surface area contributed by atoms with Crippen molar-refractivity contribution in [3.05, 3.63) is 24.3 Å². The smallest absolute Gasteiger partial charge is 0.117 e. The third-order valence-corrected chi connectivity index (χ3v) is 1.77. The number of hydrogen-bond acceptors (Lipinski definition) is 4. The van der Waals surface area contributed by atoms with Crippen molar-refractivity contribution in [2.75, 3.05) is 11.6 Å². The van der Waals surface area contributed by atoms with Crippen molar-refractivity contribution in [1.29, 1.82) is 0 Å². The van der Waals surface area contributed by atoms with Gasteiger partial charge in [0.25, 0.3) is 0 Å². The second-order valence-corrected chi connectivity index (χ2v) is 2.69. The summed E-state index contributed by atoms with van der Waals surface area (Å²) >= 11 is 0. The van der Waals surface area contributed by atoms with E-state index < -0.39 is 0 Å². The van der Waals surface area contributed by atoms with Gasteiger partial charge in [-0.1, -0.05) is 0 Å². The van der Waals surface area contributed by atoms with Gasteiger partial charge in [-0.2, -0.15) is 0 Å². The van der Waals surface area contributed by atoms with E-state index in [2.05, 4.69) is 9.98 Å². The molecule has 2 rings (SSSR count). The summed E-state index contributed by atoms with van der Waals surface area (Å²) in [5, 5.41) is 9.07. The van der Waals surface area contributed by atoms with Crippen molar-refractivity contribution >= 4 is 18.4 Å². The number of hydrogen-bond donors (Lipinski definition) is 1. The number of rotatable bonds is 1. The Labute approximate surface area is 75.9 Å². The molecule has 0 saturated heterocycles. The van der Waals surface area contributed by atoms with Gasteiger partial charge in [0.15, 0.2) is 0 Å². The predicted molar refractivity (Wildman–Crippen MR) is 52.4 cm³/mol.